The van der Waals surface area contributed by atoms with E-state index in [1.54, 1.807) is 13.8 Å². The molecule has 2 saturated carbocycles. The second kappa shape index (κ2) is 8.65. The number of nitrogens with two attached hydrogens (primary N) is 1. The standard InChI is InChI=1S/C15H29N3O3S.ClH/c1-10(2)18-22(20,21)7-6-17-15(19)13-8-11-4-3-5-12(9-13)14(11)16;/h10-14,18H,3-9,16H2,1-2H3,(H,17,19);1H. The smallest absolute Gasteiger partial charge is 0.223 e. The average molecular weight is 368 g/mol. The Morgan fingerprint density at radius 2 is 1.78 bits per heavy atom. The molecule has 4 N–H and O–H groups in total. The minimum absolute atomic E-state index is 0. The van der Waals surface area contributed by atoms with Gasteiger partial charge in [0.25, 0.3) is 0 Å². The van der Waals surface area contributed by atoms with E-state index in [2.05, 4.69) is 10.0 Å². The number of amides is 1. The van der Waals surface area contributed by atoms with Crippen LogP contribution in [0.4, 0.5) is 0 Å². The molecule has 6 nitrogen and oxygen atoms in total. The van der Waals surface area contributed by atoms with Gasteiger partial charge in [0.05, 0.1) is 5.75 Å². The summed E-state index contributed by atoms with van der Waals surface area (Å²) in [6.45, 7) is 3.72. The van der Waals surface area contributed by atoms with Crippen LogP contribution in [0.5, 0.6) is 0 Å². The Kier molecular flexibility index (Phi) is 7.77. The van der Waals surface area contributed by atoms with Crippen molar-refractivity contribution in [2.24, 2.45) is 23.5 Å². The van der Waals surface area contributed by atoms with E-state index < -0.39 is 10.0 Å². The summed E-state index contributed by atoms with van der Waals surface area (Å²) in [5.41, 5.74) is 6.23. The van der Waals surface area contributed by atoms with Gasteiger partial charge in [0.1, 0.15) is 0 Å². The number of sulfonamides is 1. The highest BCUT2D eigenvalue weighted by Crippen LogP contribution is 2.41. The number of fused-ring (bicyclic) bond motifs is 2. The number of carbonyl (C=O) groups is 1. The van der Waals surface area contributed by atoms with Crippen LogP contribution in [0.15, 0.2) is 0 Å². The fraction of sp³-hybridized carbons (Fsp3) is 0.933. The van der Waals surface area contributed by atoms with E-state index in [0.29, 0.717) is 11.8 Å². The van der Waals surface area contributed by atoms with Crippen molar-refractivity contribution < 1.29 is 13.2 Å². The van der Waals surface area contributed by atoms with Crippen LogP contribution in [0, 0.1) is 17.8 Å². The molecule has 8 heteroatoms. The molecule has 2 unspecified atom stereocenters. The Bertz CT molecular complexity index is 484. The van der Waals surface area contributed by atoms with Gasteiger partial charge in [-0.05, 0) is 51.4 Å². The van der Waals surface area contributed by atoms with Crippen LogP contribution in [0.3, 0.4) is 0 Å². The number of hydrogen-bond donors (Lipinski definition) is 3. The summed E-state index contributed by atoms with van der Waals surface area (Å²) in [4.78, 5) is 12.3. The number of rotatable bonds is 6. The lowest BCUT2D eigenvalue weighted by Crippen LogP contribution is -2.49. The second-order valence-corrected chi connectivity index (χ2v) is 8.95. The molecule has 2 aliphatic carbocycles. The Balaban J connectivity index is 0.00000264. The maximum atomic E-state index is 12.3. The molecule has 0 aliphatic heterocycles. The Morgan fingerprint density at radius 3 is 2.30 bits per heavy atom. The van der Waals surface area contributed by atoms with E-state index >= 15 is 0 Å². The quantitative estimate of drug-likeness (QED) is 0.652. The van der Waals surface area contributed by atoms with E-state index in [1.165, 1.54) is 6.42 Å². The van der Waals surface area contributed by atoms with Crippen molar-refractivity contribution in [1.29, 1.82) is 0 Å². The molecule has 2 fully saturated rings. The first-order valence-electron chi connectivity index (χ1n) is 8.32. The number of carbonyl (C=O) groups excluding carboxylic acids is 1. The van der Waals surface area contributed by atoms with Crippen LogP contribution in [0.2, 0.25) is 0 Å². The number of nitrogens with one attached hydrogen (secondary N) is 2. The molecule has 0 spiro atoms. The molecule has 136 valence electrons. The lowest BCUT2D eigenvalue weighted by molar-refractivity contribution is -0.127. The van der Waals surface area contributed by atoms with Gasteiger partial charge in [-0.2, -0.15) is 0 Å². The number of halogens is 1. The summed E-state index contributed by atoms with van der Waals surface area (Å²) in [7, 11) is -3.32. The van der Waals surface area contributed by atoms with Crippen LogP contribution >= 0.6 is 12.4 Å². The molecule has 23 heavy (non-hydrogen) atoms. The zero-order valence-corrected chi connectivity index (χ0v) is 15.6. The SMILES string of the molecule is CC(C)NS(=O)(=O)CCNC(=O)C1CC2CCCC(C1)C2N.Cl. The Hall–Kier alpha value is -0.370. The van der Waals surface area contributed by atoms with Crippen LogP contribution in [-0.4, -0.2) is 38.7 Å². The summed E-state index contributed by atoms with van der Waals surface area (Å²) >= 11 is 0. The van der Waals surface area contributed by atoms with E-state index in [1.807, 2.05) is 0 Å². The highest BCUT2D eigenvalue weighted by molar-refractivity contribution is 7.89. The fourth-order valence-electron chi connectivity index (χ4n) is 3.87. The third-order valence-corrected chi connectivity index (χ3v) is 6.44. The molecular weight excluding hydrogens is 338 g/mol. The summed E-state index contributed by atoms with van der Waals surface area (Å²) < 4.78 is 26.0. The van der Waals surface area contributed by atoms with Crippen molar-refractivity contribution in [2.45, 2.75) is 58.0 Å². The van der Waals surface area contributed by atoms with E-state index in [4.69, 9.17) is 5.73 Å². The summed E-state index contributed by atoms with van der Waals surface area (Å²) in [5.74, 6) is 0.819. The predicted octanol–water partition coefficient (Wildman–Crippen LogP) is 1.01. The lowest BCUT2D eigenvalue weighted by atomic mass is 9.65. The molecule has 0 aromatic carbocycles. The van der Waals surface area contributed by atoms with Crippen molar-refractivity contribution in [3.63, 3.8) is 0 Å². The van der Waals surface area contributed by atoms with Gasteiger partial charge in [-0.15, -0.1) is 12.4 Å². The van der Waals surface area contributed by atoms with Gasteiger partial charge in [-0.3, -0.25) is 4.79 Å². The molecule has 0 aromatic heterocycles. The van der Waals surface area contributed by atoms with Gasteiger partial charge < -0.3 is 11.1 Å². The summed E-state index contributed by atoms with van der Waals surface area (Å²) in [6, 6.07) is 0.119. The predicted molar refractivity (Wildman–Crippen MR) is 93.8 cm³/mol. The Morgan fingerprint density at radius 1 is 1.22 bits per heavy atom. The minimum atomic E-state index is -3.32. The first kappa shape index (κ1) is 20.7. The summed E-state index contributed by atoms with van der Waals surface area (Å²) in [5, 5.41) is 2.79. The maximum absolute atomic E-state index is 12.3. The maximum Gasteiger partial charge on any atom is 0.223 e. The largest absolute Gasteiger partial charge is 0.355 e. The van der Waals surface area contributed by atoms with Crippen molar-refractivity contribution in [2.75, 3.05) is 12.3 Å². The van der Waals surface area contributed by atoms with Gasteiger partial charge in [0.15, 0.2) is 0 Å². The zero-order chi connectivity index (χ0) is 16.3. The van der Waals surface area contributed by atoms with Crippen molar-refractivity contribution in [1.82, 2.24) is 10.0 Å². The van der Waals surface area contributed by atoms with Gasteiger partial charge in [-0.25, -0.2) is 13.1 Å². The van der Waals surface area contributed by atoms with Crippen molar-refractivity contribution in [3.05, 3.63) is 0 Å². The molecule has 0 saturated heterocycles. The molecule has 2 atom stereocenters. The van der Waals surface area contributed by atoms with E-state index in [-0.39, 0.29) is 48.6 Å². The zero-order valence-electron chi connectivity index (χ0n) is 14.0. The van der Waals surface area contributed by atoms with E-state index in [9.17, 15) is 13.2 Å². The van der Waals surface area contributed by atoms with Crippen LogP contribution < -0.4 is 15.8 Å². The minimum Gasteiger partial charge on any atom is -0.355 e. The molecule has 1 amide bonds. The van der Waals surface area contributed by atoms with Gasteiger partial charge >= 0.3 is 0 Å². The highest BCUT2D eigenvalue weighted by atomic mass is 35.5. The van der Waals surface area contributed by atoms with Crippen LogP contribution in [0.25, 0.3) is 0 Å². The Labute approximate surface area is 145 Å². The monoisotopic (exact) mass is 367 g/mol. The van der Waals surface area contributed by atoms with Crippen molar-refractivity contribution >= 4 is 28.3 Å². The average Bonchev–Trinajstić information content (AvgIpc) is 2.36. The van der Waals surface area contributed by atoms with Crippen LogP contribution in [0.1, 0.15) is 46.0 Å². The second-order valence-electron chi connectivity index (χ2n) is 7.08. The highest BCUT2D eigenvalue weighted by Gasteiger charge is 2.40. The van der Waals surface area contributed by atoms with Crippen LogP contribution in [-0.2, 0) is 14.8 Å². The number of hydrogen-bond acceptors (Lipinski definition) is 4. The molecular formula is C15H30ClN3O3S. The molecule has 0 radical (unpaired) electrons. The van der Waals surface area contributed by atoms with E-state index in [0.717, 1.165) is 25.7 Å². The summed E-state index contributed by atoms with van der Waals surface area (Å²) in [6.07, 6.45) is 5.15. The topological polar surface area (TPSA) is 101 Å². The fourth-order valence-corrected chi connectivity index (χ4v) is 5.08. The molecule has 2 aliphatic rings. The molecule has 0 aromatic rings. The molecule has 2 rings (SSSR count). The van der Waals surface area contributed by atoms with Gasteiger partial charge in [0.2, 0.25) is 15.9 Å². The van der Waals surface area contributed by atoms with Gasteiger partial charge in [-0.1, -0.05) is 6.42 Å². The molecule has 2 bridgehead atoms. The normalized spacial score (nSPS) is 30.6. The first-order valence-corrected chi connectivity index (χ1v) is 9.97. The third-order valence-electron chi connectivity index (χ3n) is 4.87. The first-order chi connectivity index (χ1) is 10.3. The lowest BCUT2D eigenvalue weighted by Gasteiger charge is -2.43. The molecule has 0 heterocycles. The van der Waals surface area contributed by atoms with Crippen molar-refractivity contribution in [3.8, 4) is 0 Å². The third kappa shape index (κ3) is 5.89. The van der Waals surface area contributed by atoms with Gasteiger partial charge in [0, 0.05) is 24.5 Å².